The fourth-order valence-corrected chi connectivity index (χ4v) is 2.26. The van der Waals surface area contributed by atoms with Crippen molar-refractivity contribution in [1.29, 1.82) is 0 Å². The number of nitrogens with two attached hydrogens (primary N) is 1. The van der Waals surface area contributed by atoms with Crippen molar-refractivity contribution in [2.24, 2.45) is 5.73 Å². The second-order valence-electron chi connectivity index (χ2n) is 4.80. The number of hydrogen-bond acceptors (Lipinski definition) is 4. The SMILES string of the molecule is CN(CCCNc1cccnc1C(N)=S)c1ccccc1. The lowest BCUT2D eigenvalue weighted by atomic mass is 10.2. The molecule has 0 unspecified atom stereocenters. The molecule has 0 amide bonds. The van der Waals surface area contributed by atoms with Crippen LogP contribution in [0.5, 0.6) is 0 Å². The summed E-state index contributed by atoms with van der Waals surface area (Å²) in [4.78, 5) is 6.76. The van der Waals surface area contributed by atoms with Crippen molar-refractivity contribution >= 4 is 28.6 Å². The maximum atomic E-state index is 5.66. The minimum Gasteiger partial charge on any atom is -0.388 e. The number of anilines is 2. The number of thiocarbonyl (C=S) groups is 1. The number of nitrogens with one attached hydrogen (secondary N) is 1. The summed E-state index contributed by atoms with van der Waals surface area (Å²) in [6, 6.07) is 14.2. The Kier molecular flexibility index (Phi) is 5.51. The van der Waals surface area contributed by atoms with Crippen LogP contribution in [0.4, 0.5) is 11.4 Å². The van der Waals surface area contributed by atoms with Gasteiger partial charge in [0, 0.05) is 32.0 Å². The van der Waals surface area contributed by atoms with E-state index in [1.165, 1.54) is 5.69 Å². The molecule has 4 nitrogen and oxygen atoms in total. The van der Waals surface area contributed by atoms with Crippen LogP contribution in [-0.2, 0) is 0 Å². The Hall–Kier alpha value is -2.14. The van der Waals surface area contributed by atoms with Gasteiger partial charge in [-0.1, -0.05) is 30.4 Å². The summed E-state index contributed by atoms with van der Waals surface area (Å²) in [5.41, 5.74) is 8.44. The quantitative estimate of drug-likeness (QED) is 0.608. The van der Waals surface area contributed by atoms with E-state index in [0.29, 0.717) is 10.7 Å². The minimum atomic E-state index is 0.319. The van der Waals surface area contributed by atoms with E-state index in [-0.39, 0.29) is 0 Å². The minimum absolute atomic E-state index is 0.319. The highest BCUT2D eigenvalue weighted by atomic mass is 32.1. The summed E-state index contributed by atoms with van der Waals surface area (Å²) in [6.45, 7) is 1.82. The third-order valence-electron chi connectivity index (χ3n) is 3.22. The molecule has 0 atom stereocenters. The van der Waals surface area contributed by atoms with Gasteiger partial charge in [0.05, 0.1) is 5.69 Å². The highest BCUT2D eigenvalue weighted by Gasteiger charge is 2.05. The molecule has 1 aromatic heterocycles. The van der Waals surface area contributed by atoms with Crippen LogP contribution in [0.3, 0.4) is 0 Å². The van der Waals surface area contributed by atoms with Crippen LogP contribution >= 0.6 is 12.2 Å². The molecule has 1 aromatic carbocycles. The number of para-hydroxylation sites is 1. The van der Waals surface area contributed by atoms with Crippen molar-refractivity contribution in [3.8, 4) is 0 Å². The van der Waals surface area contributed by atoms with Gasteiger partial charge in [-0.3, -0.25) is 4.98 Å². The van der Waals surface area contributed by atoms with E-state index in [1.54, 1.807) is 6.20 Å². The second-order valence-corrected chi connectivity index (χ2v) is 5.24. The standard InChI is InChI=1S/C16H20N4S/c1-20(13-7-3-2-4-8-13)12-6-11-18-14-9-5-10-19-15(14)16(17)21/h2-5,7-10,18H,6,11-12H2,1H3,(H2,17,21). The Morgan fingerprint density at radius 2 is 2.00 bits per heavy atom. The number of benzene rings is 1. The molecule has 0 bridgehead atoms. The summed E-state index contributed by atoms with van der Waals surface area (Å²) >= 11 is 5.00. The van der Waals surface area contributed by atoms with E-state index in [1.807, 2.05) is 30.3 Å². The summed E-state index contributed by atoms with van der Waals surface area (Å²) in [5.74, 6) is 0. The molecular weight excluding hydrogens is 280 g/mol. The molecule has 0 aliphatic heterocycles. The zero-order chi connectivity index (χ0) is 15.1. The van der Waals surface area contributed by atoms with Crippen LogP contribution in [0.25, 0.3) is 0 Å². The number of hydrogen-bond donors (Lipinski definition) is 2. The average Bonchev–Trinajstić information content (AvgIpc) is 2.52. The van der Waals surface area contributed by atoms with Gasteiger partial charge in [-0.2, -0.15) is 0 Å². The van der Waals surface area contributed by atoms with Crippen molar-refractivity contribution in [3.63, 3.8) is 0 Å². The fourth-order valence-electron chi connectivity index (χ4n) is 2.10. The van der Waals surface area contributed by atoms with Gasteiger partial charge in [0.1, 0.15) is 10.7 Å². The Bertz CT molecular complexity index is 586. The Labute approximate surface area is 131 Å². The van der Waals surface area contributed by atoms with Crippen LogP contribution in [0.1, 0.15) is 12.1 Å². The van der Waals surface area contributed by atoms with Gasteiger partial charge in [-0.05, 0) is 30.7 Å². The van der Waals surface area contributed by atoms with Gasteiger partial charge in [0.25, 0.3) is 0 Å². The second kappa shape index (κ2) is 7.59. The molecule has 0 spiro atoms. The lowest BCUT2D eigenvalue weighted by Gasteiger charge is -2.19. The van der Waals surface area contributed by atoms with E-state index in [2.05, 4.69) is 34.4 Å². The Morgan fingerprint density at radius 1 is 1.24 bits per heavy atom. The zero-order valence-corrected chi connectivity index (χ0v) is 12.9. The molecule has 0 fully saturated rings. The topological polar surface area (TPSA) is 54.2 Å². The van der Waals surface area contributed by atoms with Crippen molar-refractivity contribution < 1.29 is 0 Å². The number of rotatable bonds is 7. The van der Waals surface area contributed by atoms with Gasteiger partial charge in [0.15, 0.2) is 0 Å². The molecule has 110 valence electrons. The number of nitrogens with zero attached hydrogens (tertiary/aromatic N) is 2. The summed E-state index contributed by atoms with van der Waals surface area (Å²) in [5, 5.41) is 3.34. The molecular formula is C16H20N4S. The van der Waals surface area contributed by atoms with Crippen molar-refractivity contribution in [3.05, 3.63) is 54.4 Å². The highest BCUT2D eigenvalue weighted by Crippen LogP contribution is 2.13. The lowest BCUT2D eigenvalue weighted by molar-refractivity contribution is 0.816. The molecule has 1 heterocycles. The van der Waals surface area contributed by atoms with Crippen LogP contribution < -0.4 is 16.0 Å². The van der Waals surface area contributed by atoms with Crippen molar-refractivity contribution in [2.45, 2.75) is 6.42 Å². The first-order valence-corrected chi connectivity index (χ1v) is 7.34. The fraction of sp³-hybridized carbons (Fsp3) is 0.250. The van der Waals surface area contributed by atoms with Gasteiger partial charge in [0.2, 0.25) is 0 Å². The molecule has 3 N–H and O–H groups in total. The van der Waals surface area contributed by atoms with E-state index < -0.39 is 0 Å². The molecule has 2 aromatic rings. The summed E-state index contributed by atoms with van der Waals surface area (Å²) in [7, 11) is 2.10. The molecule has 5 heteroatoms. The summed E-state index contributed by atoms with van der Waals surface area (Å²) in [6.07, 6.45) is 2.71. The zero-order valence-electron chi connectivity index (χ0n) is 12.1. The Balaban J connectivity index is 1.81. The first-order valence-electron chi connectivity index (χ1n) is 6.93. The molecule has 21 heavy (non-hydrogen) atoms. The van der Waals surface area contributed by atoms with E-state index in [4.69, 9.17) is 18.0 Å². The predicted octanol–water partition coefficient (Wildman–Crippen LogP) is 2.65. The first kappa shape index (κ1) is 15.3. The maximum absolute atomic E-state index is 5.66. The molecule has 2 rings (SSSR count). The molecule has 0 saturated carbocycles. The normalized spacial score (nSPS) is 10.1. The molecule has 0 radical (unpaired) electrons. The monoisotopic (exact) mass is 300 g/mol. The van der Waals surface area contributed by atoms with Crippen LogP contribution in [0.2, 0.25) is 0 Å². The maximum Gasteiger partial charge on any atom is 0.124 e. The highest BCUT2D eigenvalue weighted by molar-refractivity contribution is 7.80. The largest absolute Gasteiger partial charge is 0.388 e. The van der Waals surface area contributed by atoms with Gasteiger partial charge in [-0.25, -0.2) is 0 Å². The van der Waals surface area contributed by atoms with Gasteiger partial charge >= 0.3 is 0 Å². The van der Waals surface area contributed by atoms with Gasteiger partial charge < -0.3 is 16.0 Å². The third-order valence-corrected chi connectivity index (χ3v) is 3.42. The Morgan fingerprint density at radius 3 is 2.71 bits per heavy atom. The van der Waals surface area contributed by atoms with Crippen LogP contribution in [-0.4, -0.2) is 30.1 Å². The molecule has 0 aliphatic rings. The third kappa shape index (κ3) is 4.43. The first-order chi connectivity index (χ1) is 10.2. The average molecular weight is 300 g/mol. The number of pyridine rings is 1. The van der Waals surface area contributed by atoms with Crippen molar-refractivity contribution in [1.82, 2.24) is 4.98 Å². The van der Waals surface area contributed by atoms with Crippen LogP contribution in [0.15, 0.2) is 48.7 Å². The van der Waals surface area contributed by atoms with E-state index in [0.717, 1.165) is 25.2 Å². The van der Waals surface area contributed by atoms with E-state index >= 15 is 0 Å². The number of aromatic nitrogens is 1. The van der Waals surface area contributed by atoms with Crippen molar-refractivity contribution in [2.75, 3.05) is 30.4 Å². The molecule has 0 aliphatic carbocycles. The lowest BCUT2D eigenvalue weighted by Crippen LogP contribution is -2.21. The molecule has 0 saturated heterocycles. The van der Waals surface area contributed by atoms with Gasteiger partial charge in [-0.15, -0.1) is 0 Å². The summed E-state index contributed by atoms with van der Waals surface area (Å²) < 4.78 is 0. The van der Waals surface area contributed by atoms with E-state index in [9.17, 15) is 0 Å². The smallest absolute Gasteiger partial charge is 0.124 e. The van der Waals surface area contributed by atoms with Crippen LogP contribution in [0, 0.1) is 0 Å². The predicted molar refractivity (Wildman–Crippen MR) is 92.9 cm³/mol.